The Labute approximate surface area is 133 Å². The second-order valence-electron chi connectivity index (χ2n) is 5.40. The second-order valence-corrected chi connectivity index (χ2v) is 7.49. The first-order valence-electron chi connectivity index (χ1n) is 7.59. The standard InChI is InChI=1S/C18H23NO2S/c1-3-19(15-18-12-8-7-9-16(18)2)22(20,21)14-13-17-10-5-4-6-11-17/h4-12H,3,13-15H2,1-2H3. The summed E-state index contributed by atoms with van der Waals surface area (Å²) >= 11 is 0. The van der Waals surface area contributed by atoms with Crippen LogP contribution in [0.2, 0.25) is 0 Å². The molecule has 2 rings (SSSR count). The summed E-state index contributed by atoms with van der Waals surface area (Å²) in [6, 6.07) is 17.7. The molecule has 4 heteroatoms. The number of benzene rings is 2. The van der Waals surface area contributed by atoms with E-state index in [1.165, 1.54) is 0 Å². The van der Waals surface area contributed by atoms with Crippen LogP contribution in [0.3, 0.4) is 0 Å². The maximum atomic E-state index is 12.6. The van der Waals surface area contributed by atoms with E-state index in [-0.39, 0.29) is 5.75 Å². The molecule has 0 heterocycles. The van der Waals surface area contributed by atoms with E-state index in [1.54, 1.807) is 4.31 Å². The van der Waals surface area contributed by atoms with Gasteiger partial charge in [-0.2, -0.15) is 4.31 Å². The lowest BCUT2D eigenvalue weighted by atomic mass is 10.1. The van der Waals surface area contributed by atoms with Crippen LogP contribution in [0, 0.1) is 6.92 Å². The molecule has 0 unspecified atom stereocenters. The van der Waals surface area contributed by atoms with Gasteiger partial charge in [0.25, 0.3) is 0 Å². The van der Waals surface area contributed by atoms with E-state index in [0.29, 0.717) is 19.5 Å². The highest BCUT2D eigenvalue weighted by atomic mass is 32.2. The summed E-state index contributed by atoms with van der Waals surface area (Å²) in [5.41, 5.74) is 3.24. The van der Waals surface area contributed by atoms with Crippen LogP contribution in [-0.2, 0) is 23.0 Å². The lowest BCUT2D eigenvalue weighted by Crippen LogP contribution is -2.33. The Hall–Kier alpha value is -1.65. The molecule has 0 aromatic heterocycles. The largest absolute Gasteiger partial charge is 0.214 e. The van der Waals surface area contributed by atoms with Crippen molar-refractivity contribution in [2.75, 3.05) is 12.3 Å². The smallest absolute Gasteiger partial charge is 0.212 e. The van der Waals surface area contributed by atoms with E-state index >= 15 is 0 Å². The molecule has 0 fully saturated rings. The third-order valence-corrected chi connectivity index (χ3v) is 5.74. The van der Waals surface area contributed by atoms with Gasteiger partial charge in [-0.05, 0) is 30.0 Å². The summed E-state index contributed by atoms with van der Waals surface area (Å²) < 4.78 is 26.7. The number of rotatable bonds is 7. The Morgan fingerprint density at radius 2 is 1.59 bits per heavy atom. The van der Waals surface area contributed by atoms with Gasteiger partial charge in [-0.15, -0.1) is 0 Å². The van der Waals surface area contributed by atoms with Crippen LogP contribution in [0.4, 0.5) is 0 Å². The maximum absolute atomic E-state index is 12.6. The minimum Gasteiger partial charge on any atom is -0.212 e. The van der Waals surface area contributed by atoms with Crippen molar-refractivity contribution in [2.45, 2.75) is 26.8 Å². The predicted molar refractivity (Wildman–Crippen MR) is 91.2 cm³/mol. The third kappa shape index (κ3) is 4.42. The SMILES string of the molecule is CCN(Cc1ccccc1C)S(=O)(=O)CCc1ccccc1. The molecule has 0 amide bonds. The first-order chi connectivity index (χ1) is 10.5. The molecule has 118 valence electrons. The van der Waals surface area contributed by atoms with E-state index in [9.17, 15) is 8.42 Å². The number of nitrogens with zero attached hydrogens (tertiary/aromatic N) is 1. The molecule has 0 aliphatic heterocycles. The van der Waals surface area contributed by atoms with Crippen LogP contribution in [0.1, 0.15) is 23.6 Å². The fraction of sp³-hybridized carbons (Fsp3) is 0.333. The Morgan fingerprint density at radius 1 is 0.955 bits per heavy atom. The number of sulfonamides is 1. The lowest BCUT2D eigenvalue weighted by molar-refractivity contribution is 0.422. The summed E-state index contributed by atoms with van der Waals surface area (Å²) in [6.45, 7) is 4.84. The molecule has 22 heavy (non-hydrogen) atoms. The fourth-order valence-electron chi connectivity index (χ4n) is 2.40. The van der Waals surface area contributed by atoms with Gasteiger partial charge in [0.15, 0.2) is 0 Å². The van der Waals surface area contributed by atoms with Crippen LogP contribution in [-0.4, -0.2) is 25.0 Å². The van der Waals surface area contributed by atoms with Crippen LogP contribution >= 0.6 is 0 Å². The highest BCUT2D eigenvalue weighted by Gasteiger charge is 2.21. The summed E-state index contributed by atoms with van der Waals surface area (Å²) in [5, 5.41) is 0. The maximum Gasteiger partial charge on any atom is 0.214 e. The normalized spacial score (nSPS) is 11.8. The molecule has 0 aliphatic rings. The van der Waals surface area contributed by atoms with Crippen LogP contribution in [0.25, 0.3) is 0 Å². The van der Waals surface area contributed by atoms with E-state index < -0.39 is 10.0 Å². The van der Waals surface area contributed by atoms with E-state index in [4.69, 9.17) is 0 Å². The molecule has 0 spiro atoms. The minimum atomic E-state index is -3.25. The number of hydrogen-bond donors (Lipinski definition) is 0. The molecule has 2 aromatic carbocycles. The zero-order valence-electron chi connectivity index (χ0n) is 13.2. The molecule has 0 aliphatic carbocycles. The zero-order valence-corrected chi connectivity index (χ0v) is 14.0. The fourth-order valence-corrected chi connectivity index (χ4v) is 3.89. The average Bonchev–Trinajstić information content (AvgIpc) is 2.53. The lowest BCUT2D eigenvalue weighted by Gasteiger charge is -2.21. The first-order valence-corrected chi connectivity index (χ1v) is 9.20. The minimum absolute atomic E-state index is 0.150. The van der Waals surface area contributed by atoms with E-state index in [2.05, 4.69) is 0 Å². The molecule has 0 N–H and O–H groups in total. The van der Waals surface area contributed by atoms with Gasteiger partial charge >= 0.3 is 0 Å². The summed E-state index contributed by atoms with van der Waals surface area (Å²) in [7, 11) is -3.25. The van der Waals surface area contributed by atoms with Gasteiger partial charge in [-0.3, -0.25) is 0 Å². The van der Waals surface area contributed by atoms with E-state index in [1.807, 2.05) is 68.4 Å². The Morgan fingerprint density at radius 3 is 2.23 bits per heavy atom. The highest BCUT2D eigenvalue weighted by Crippen LogP contribution is 2.14. The Kier molecular flexibility index (Phi) is 5.75. The van der Waals surface area contributed by atoms with Crippen LogP contribution in [0.5, 0.6) is 0 Å². The summed E-state index contributed by atoms with van der Waals surface area (Å²) in [4.78, 5) is 0. The van der Waals surface area contributed by atoms with Crippen molar-refractivity contribution in [3.05, 3.63) is 71.3 Å². The molecule has 3 nitrogen and oxygen atoms in total. The molecule has 0 radical (unpaired) electrons. The van der Waals surface area contributed by atoms with Gasteiger partial charge in [0, 0.05) is 13.1 Å². The van der Waals surface area contributed by atoms with Crippen molar-refractivity contribution < 1.29 is 8.42 Å². The van der Waals surface area contributed by atoms with Gasteiger partial charge < -0.3 is 0 Å². The quantitative estimate of drug-likeness (QED) is 0.785. The molecular weight excluding hydrogens is 294 g/mol. The average molecular weight is 317 g/mol. The summed E-state index contributed by atoms with van der Waals surface area (Å²) in [5.74, 6) is 0.150. The highest BCUT2D eigenvalue weighted by molar-refractivity contribution is 7.89. The molecular formula is C18H23NO2S. The zero-order chi connectivity index (χ0) is 16.0. The van der Waals surface area contributed by atoms with Gasteiger partial charge in [-0.25, -0.2) is 8.42 Å². The molecule has 0 atom stereocenters. The molecule has 0 saturated heterocycles. The van der Waals surface area contributed by atoms with Crippen LogP contribution in [0.15, 0.2) is 54.6 Å². The molecule has 2 aromatic rings. The third-order valence-electron chi connectivity index (χ3n) is 3.85. The molecule has 0 saturated carbocycles. The Bertz CT molecular complexity index is 696. The predicted octanol–water partition coefficient (Wildman–Crippen LogP) is 3.39. The number of aryl methyl sites for hydroxylation is 2. The van der Waals surface area contributed by atoms with Crippen molar-refractivity contribution in [3.63, 3.8) is 0 Å². The van der Waals surface area contributed by atoms with Gasteiger partial charge in [-0.1, -0.05) is 61.5 Å². The van der Waals surface area contributed by atoms with Crippen LogP contribution < -0.4 is 0 Å². The Balaban J connectivity index is 2.07. The number of hydrogen-bond acceptors (Lipinski definition) is 2. The van der Waals surface area contributed by atoms with Crippen molar-refractivity contribution in [1.29, 1.82) is 0 Å². The van der Waals surface area contributed by atoms with E-state index in [0.717, 1.165) is 16.7 Å². The topological polar surface area (TPSA) is 37.4 Å². The first kappa shape index (κ1) is 16.7. The van der Waals surface area contributed by atoms with Crippen molar-refractivity contribution in [2.24, 2.45) is 0 Å². The van der Waals surface area contributed by atoms with Gasteiger partial charge in [0.05, 0.1) is 5.75 Å². The van der Waals surface area contributed by atoms with Crippen molar-refractivity contribution in [1.82, 2.24) is 4.31 Å². The molecule has 0 bridgehead atoms. The van der Waals surface area contributed by atoms with Gasteiger partial charge in [0.1, 0.15) is 0 Å². The second kappa shape index (κ2) is 7.56. The van der Waals surface area contributed by atoms with Crippen molar-refractivity contribution in [3.8, 4) is 0 Å². The monoisotopic (exact) mass is 317 g/mol. The van der Waals surface area contributed by atoms with Gasteiger partial charge in [0.2, 0.25) is 10.0 Å². The van der Waals surface area contributed by atoms with Crippen molar-refractivity contribution >= 4 is 10.0 Å². The summed E-state index contributed by atoms with van der Waals surface area (Å²) in [6.07, 6.45) is 0.549.